The van der Waals surface area contributed by atoms with Gasteiger partial charge in [-0.15, -0.1) is 0 Å². The van der Waals surface area contributed by atoms with Crippen LogP contribution in [0.2, 0.25) is 0 Å². The number of para-hydroxylation sites is 1. The number of nitrogens with zero attached hydrogens (tertiary/aromatic N) is 2. The Morgan fingerprint density at radius 1 is 1.10 bits per heavy atom. The van der Waals surface area contributed by atoms with Gasteiger partial charge in [0.05, 0.1) is 17.4 Å². The van der Waals surface area contributed by atoms with Crippen molar-refractivity contribution in [1.82, 2.24) is 9.78 Å². The van der Waals surface area contributed by atoms with E-state index in [1.54, 1.807) is 29.1 Å². The van der Waals surface area contributed by atoms with Crippen LogP contribution in [-0.2, 0) is 0 Å². The zero-order valence-corrected chi connectivity index (χ0v) is 12.7. The average Bonchev–Trinajstić information content (AvgIpc) is 2.97. The van der Waals surface area contributed by atoms with E-state index in [-0.39, 0.29) is 5.82 Å². The van der Waals surface area contributed by atoms with Gasteiger partial charge < -0.3 is 5.73 Å². The van der Waals surface area contributed by atoms with Crippen molar-refractivity contribution in [1.29, 1.82) is 0 Å². The van der Waals surface area contributed by atoms with Crippen LogP contribution in [0.25, 0.3) is 5.69 Å². The molecule has 0 radical (unpaired) electrons. The molecule has 3 aromatic rings. The van der Waals surface area contributed by atoms with Crippen molar-refractivity contribution in [2.24, 2.45) is 5.73 Å². The van der Waals surface area contributed by atoms with Crippen molar-refractivity contribution >= 4 is 15.9 Å². The van der Waals surface area contributed by atoms with Gasteiger partial charge in [-0.3, -0.25) is 0 Å². The van der Waals surface area contributed by atoms with Gasteiger partial charge in [0.2, 0.25) is 0 Å². The third-order valence-electron chi connectivity index (χ3n) is 3.29. The van der Waals surface area contributed by atoms with Crippen LogP contribution < -0.4 is 5.73 Å². The maximum Gasteiger partial charge on any atom is 0.129 e. The summed E-state index contributed by atoms with van der Waals surface area (Å²) in [7, 11) is 0. The van der Waals surface area contributed by atoms with Gasteiger partial charge in [0.1, 0.15) is 5.82 Å². The van der Waals surface area contributed by atoms with Crippen molar-refractivity contribution in [3.8, 4) is 5.69 Å². The molecule has 1 heterocycles. The summed E-state index contributed by atoms with van der Waals surface area (Å²) in [6.45, 7) is 0. The summed E-state index contributed by atoms with van der Waals surface area (Å²) in [5, 5.41) is 4.29. The minimum absolute atomic E-state index is 0.335. The van der Waals surface area contributed by atoms with Crippen LogP contribution in [0.5, 0.6) is 0 Å². The Morgan fingerprint density at radius 3 is 2.57 bits per heavy atom. The van der Waals surface area contributed by atoms with Crippen LogP contribution in [-0.4, -0.2) is 9.78 Å². The van der Waals surface area contributed by atoms with Crippen LogP contribution in [0.4, 0.5) is 4.39 Å². The predicted molar refractivity (Wildman–Crippen MR) is 83.7 cm³/mol. The highest BCUT2D eigenvalue weighted by Crippen LogP contribution is 2.26. The van der Waals surface area contributed by atoms with Crippen molar-refractivity contribution in [2.45, 2.75) is 6.04 Å². The van der Waals surface area contributed by atoms with Crippen molar-refractivity contribution < 1.29 is 4.39 Å². The van der Waals surface area contributed by atoms with E-state index in [0.29, 0.717) is 10.0 Å². The maximum atomic E-state index is 14.1. The lowest BCUT2D eigenvalue weighted by atomic mass is 10.0. The molecule has 1 atom stereocenters. The van der Waals surface area contributed by atoms with Gasteiger partial charge in [-0.25, -0.2) is 9.07 Å². The molecule has 3 rings (SSSR count). The minimum Gasteiger partial charge on any atom is -0.319 e. The standard InChI is InChI=1S/C16H13BrFN3/c17-11-6-7-13(14(18)10-11)16(19)15-8-9-20-21(15)12-4-2-1-3-5-12/h1-10,16H,19H2. The molecule has 21 heavy (non-hydrogen) atoms. The Labute approximate surface area is 130 Å². The van der Waals surface area contributed by atoms with Gasteiger partial charge in [0, 0.05) is 16.2 Å². The van der Waals surface area contributed by atoms with E-state index in [1.807, 2.05) is 30.3 Å². The molecule has 0 bridgehead atoms. The molecule has 1 unspecified atom stereocenters. The average molecular weight is 346 g/mol. The van der Waals surface area contributed by atoms with E-state index in [9.17, 15) is 4.39 Å². The van der Waals surface area contributed by atoms with Crippen molar-refractivity contribution in [3.63, 3.8) is 0 Å². The zero-order chi connectivity index (χ0) is 14.8. The lowest BCUT2D eigenvalue weighted by Crippen LogP contribution is -2.18. The number of halogens is 2. The van der Waals surface area contributed by atoms with E-state index in [0.717, 1.165) is 11.4 Å². The van der Waals surface area contributed by atoms with Crippen molar-refractivity contribution in [2.75, 3.05) is 0 Å². The zero-order valence-electron chi connectivity index (χ0n) is 11.1. The van der Waals surface area contributed by atoms with Gasteiger partial charge >= 0.3 is 0 Å². The maximum absolute atomic E-state index is 14.1. The summed E-state index contributed by atoms with van der Waals surface area (Å²) in [5.41, 5.74) is 8.31. The summed E-state index contributed by atoms with van der Waals surface area (Å²) in [4.78, 5) is 0. The number of hydrogen-bond donors (Lipinski definition) is 1. The molecular formula is C16H13BrFN3. The largest absolute Gasteiger partial charge is 0.319 e. The number of hydrogen-bond acceptors (Lipinski definition) is 2. The molecule has 106 valence electrons. The first-order valence-electron chi connectivity index (χ1n) is 6.46. The molecule has 3 nitrogen and oxygen atoms in total. The summed E-state index contributed by atoms with van der Waals surface area (Å²) >= 11 is 3.25. The lowest BCUT2D eigenvalue weighted by molar-refractivity contribution is 0.592. The second-order valence-electron chi connectivity index (χ2n) is 4.65. The molecule has 0 aliphatic rings. The molecule has 0 aliphatic heterocycles. The molecule has 0 spiro atoms. The second-order valence-corrected chi connectivity index (χ2v) is 5.56. The Balaban J connectivity index is 2.03. The van der Waals surface area contributed by atoms with Gasteiger partial charge in [-0.2, -0.15) is 5.10 Å². The quantitative estimate of drug-likeness (QED) is 0.784. The van der Waals surface area contributed by atoms with E-state index in [4.69, 9.17) is 5.73 Å². The number of aromatic nitrogens is 2. The van der Waals surface area contributed by atoms with E-state index in [2.05, 4.69) is 21.0 Å². The molecule has 1 aromatic heterocycles. The molecule has 2 aromatic carbocycles. The predicted octanol–water partition coefficient (Wildman–Crippen LogP) is 3.82. The fraction of sp³-hybridized carbons (Fsp3) is 0.0625. The highest BCUT2D eigenvalue weighted by Gasteiger charge is 2.18. The number of benzene rings is 2. The molecule has 0 aliphatic carbocycles. The third-order valence-corrected chi connectivity index (χ3v) is 3.78. The highest BCUT2D eigenvalue weighted by molar-refractivity contribution is 9.10. The van der Waals surface area contributed by atoms with Gasteiger partial charge in [0.25, 0.3) is 0 Å². The van der Waals surface area contributed by atoms with Crippen LogP contribution in [0.15, 0.2) is 65.3 Å². The third kappa shape index (κ3) is 2.75. The highest BCUT2D eigenvalue weighted by atomic mass is 79.9. The normalized spacial score (nSPS) is 12.3. The SMILES string of the molecule is NC(c1ccc(Br)cc1F)c1ccnn1-c1ccccc1. The first-order valence-corrected chi connectivity index (χ1v) is 7.26. The number of rotatable bonds is 3. The monoisotopic (exact) mass is 345 g/mol. The van der Waals surface area contributed by atoms with Gasteiger partial charge in [0.15, 0.2) is 0 Å². The van der Waals surface area contributed by atoms with Crippen molar-refractivity contribution in [3.05, 3.63) is 82.3 Å². The summed E-state index contributed by atoms with van der Waals surface area (Å²) < 4.78 is 16.5. The fourth-order valence-electron chi connectivity index (χ4n) is 2.25. The topological polar surface area (TPSA) is 43.8 Å². The fourth-order valence-corrected chi connectivity index (χ4v) is 2.58. The summed E-state index contributed by atoms with van der Waals surface area (Å²) in [6, 6.07) is 15.7. The summed E-state index contributed by atoms with van der Waals surface area (Å²) in [6.07, 6.45) is 1.67. The number of nitrogens with two attached hydrogens (primary N) is 1. The van der Waals surface area contributed by atoms with Crippen LogP contribution in [0, 0.1) is 5.82 Å². The molecule has 0 fully saturated rings. The molecule has 5 heteroatoms. The molecule has 0 amide bonds. The Bertz CT molecular complexity index is 755. The molecular weight excluding hydrogens is 333 g/mol. The Hall–Kier alpha value is -1.98. The molecule has 0 saturated carbocycles. The molecule has 0 saturated heterocycles. The Kier molecular flexibility index (Phi) is 3.86. The van der Waals surface area contributed by atoms with E-state index < -0.39 is 6.04 Å². The van der Waals surface area contributed by atoms with Gasteiger partial charge in [-0.05, 0) is 30.3 Å². The van der Waals surface area contributed by atoms with Crippen LogP contribution in [0.1, 0.15) is 17.3 Å². The molecule has 2 N–H and O–H groups in total. The summed E-state index contributed by atoms with van der Waals surface area (Å²) in [5.74, 6) is -0.335. The smallest absolute Gasteiger partial charge is 0.129 e. The van der Waals surface area contributed by atoms with E-state index in [1.165, 1.54) is 6.07 Å². The minimum atomic E-state index is -0.583. The van der Waals surface area contributed by atoms with Gasteiger partial charge in [-0.1, -0.05) is 40.2 Å². The van der Waals surface area contributed by atoms with Crippen LogP contribution in [0.3, 0.4) is 0 Å². The first kappa shape index (κ1) is 14.0. The van der Waals surface area contributed by atoms with Crippen LogP contribution >= 0.6 is 15.9 Å². The Morgan fingerprint density at radius 2 is 1.86 bits per heavy atom. The second kappa shape index (κ2) is 5.79. The van der Waals surface area contributed by atoms with E-state index >= 15 is 0 Å². The first-order chi connectivity index (χ1) is 10.2. The lowest BCUT2D eigenvalue weighted by Gasteiger charge is -2.15.